The predicted molar refractivity (Wildman–Crippen MR) is 234 cm³/mol. The fourth-order valence-electron chi connectivity index (χ4n) is 8.05. The Balaban J connectivity index is 1.16. The molecule has 262 valence electrons. The van der Waals surface area contributed by atoms with Gasteiger partial charge in [0.1, 0.15) is 0 Å². The first-order valence-electron chi connectivity index (χ1n) is 18.8. The second kappa shape index (κ2) is 13.3. The smallest absolute Gasteiger partial charge is 0.164 e. The summed E-state index contributed by atoms with van der Waals surface area (Å²) in [6.45, 7) is 0. The van der Waals surface area contributed by atoms with Crippen molar-refractivity contribution in [3.05, 3.63) is 194 Å². The Bertz CT molecular complexity index is 3230. The molecule has 3 heterocycles. The minimum absolute atomic E-state index is 0.638. The fourth-order valence-corrected chi connectivity index (χ4v) is 9.30. The number of benzene rings is 8. The molecule has 0 aliphatic carbocycles. The number of fused-ring (bicyclic) bond motifs is 6. The first-order valence-corrected chi connectivity index (χ1v) is 19.6. The van der Waals surface area contributed by atoms with Gasteiger partial charge in [-0.3, -0.25) is 0 Å². The van der Waals surface area contributed by atoms with Gasteiger partial charge in [-0.2, -0.15) is 0 Å². The highest BCUT2D eigenvalue weighted by molar-refractivity contribution is 7.26. The molecule has 0 atom stereocenters. The summed E-state index contributed by atoms with van der Waals surface area (Å²) in [5.74, 6) is 1.93. The lowest BCUT2D eigenvalue weighted by molar-refractivity contribution is 1.08. The molecule has 0 aliphatic rings. The average Bonchev–Trinajstić information content (AvgIpc) is 3.83. The van der Waals surface area contributed by atoms with Crippen LogP contribution in [0.4, 0.5) is 0 Å². The second-order valence-corrected chi connectivity index (χ2v) is 15.1. The molecule has 4 nitrogen and oxygen atoms in total. The summed E-state index contributed by atoms with van der Waals surface area (Å²) in [6, 6.07) is 68.5. The SMILES string of the molecule is c1ccc(-c2cc(-c3ccccc3)c3sc4cccc(-c5nc(-c6ccccc6)nc(-c6ccc7c(c6)c6ccccc6n7-c6ccccc6)n5)c4c3c2)cc1. The Morgan fingerprint density at radius 1 is 0.357 bits per heavy atom. The third kappa shape index (κ3) is 5.40. The number of aromatic nitrogens is 4. The zero-order valence-electron chi connectivity index (χ0n) is 30.2. The summed E-state index contributed by atoms with van der Waals surface area (Å²) in [7, 11) is 0. The summed E-state index contributed by atoms with van der Waals surface area (Å²) in [4.78, 5) is 15.7. The summed E-state index contributed by atoms with van der Waals surface area (Å²) >= 11 is 1.83. The van der Waals surface area contributed by atoms with Gasteiger partial charge < -0.3 is 4.57 Å². The maximum absolute atomic E-state index is 5.32. The maximum atomic E-state index is 5.32. The molecule has 5 heteroatoms. The quantitative estimate of drug-likeness (QED) is 0.171. The van der Waals surface area contributed by atoms with Crippen LogP contribution in [0, 0.1) is 0 Å². The molecule has 56 heavy (non-hydrogen) atoms. The van der Waals surface area contributed by atoms with E-state index in [4.69, 9.17) is 15.0 Å². The van der Waals surface area contributed by atoms with E-state index in [0.717, 1.165) is 44.2 Å². The van der Waals surface area contributed by atoms with Crippen LogP contribution in [-0.2, 0) is 0 Å². The third-order valence-electron chi connectivity index (χ3n) is 10.6. The van der Waals surface area contributed by atoms with Crippen molar-refractivity contribution in [2.24, 2.45) is 0 Å². The highest BCUT2D eigenvalue weighted by atomic mass is 32.1. The Morgan fingerprint density at radius 2 is 0.946 bits per heavy atom. The van der Waals surface area contributed by atoms with Crippen molar-refractivity contribution in [2.75, 3.05) is 0 Å². The molecule has 0 saturated carbocycles. The predicted octanol–water partition coefficient (Wildman–Crippen LogP) is 13.7. The molecule has 11 aromatic rings. The second-order valence-electron chi connectivity index (χ2n) is 14.0. The van der Waals surface area contributed by atoms with Gasteiger partial charge >= 0.3 is 0 Å². The van der Waals surface area contributed by atoms with Crippen LogP contribution in [0.3, 0.4) is 0 Å². The van der Waals surface area contributed by atoms with Gasteiger partial charge in [-0.15, -0.1) is 11.3 Å². The molecule has 0 spiro atoms. The van der Waals surface area contributed by atoms with Crippen molar-refractivity contribution >= 4 is 53.3 Å². The Labute approximate surface area is 327 Å². The van der Waals surface area contributed by atoms with E-state index in [0.29, 0.717) is 17.5 Å². The van der Waals surface area contributed by atoms with E-state index in [-0.39, 0.29) is 0 Å². The monoisotopic (exact) mass is 732 g/mol. The maximum Gasteiger partial charge on any atom is 0.164 e. The Hall–Kier alpha value is -7.21. The molecule has 8 aromatic carbocycles. The number of hydrogen-bond acceptors (Lipinski definition) is 4. The number of hydrogen-bond donors (Lipinski definition) is 0. The average molecular weight is 733 g/mol. The van der Waals surface area contributed by atoms with Crippen LogP contribution in [0.25, 0.3) is 104 Å². The lowest BCUT2D eigenvalue weighted by atomic mass is 9.95. The number of nitrogens with zero attached hydrogens (tertiary/aromatic N) is 4. The highest BCUT2D eigenvalue weighted by Crippen LogP contribution is 2.46. The topological polar surface area (TPSA) is 43.6 Å². The molecule has 0 N–H and O–H groups in total. The van der Waals surface area contributed by atoms with Crippen LogP contribution < -0.4 is 0 Å². The van der Waals surface area contributed by atoms with Crippen molar-refractivity contribution in [1.29, 1.82) is 0 Å². The molecule has 0 amide bonds. The summed E-state index contributed by atoms with van der Waals surface area (Å²) in [5, 5.41) is 4.68. The summed E-state index contributed by atoms with van der Waals surface area (Å²) < 4.78 is 4.77. The van der Waals surface area contributed by atoms with Crippen molar-refractivity contribution in [2.45, 2.75) is 0 Å². The van der Waals surface area contributed by atoms with Crippen LogP contribution in [0.5, 0.6) is 0 Å². The standard InChI is InChI=1S/C51H32N4S/c1-5-16-33(17-6-1)37-31-41(34-18-7-2-8-19-34)48-43(32-37)47-40(25-15-27-46(47)56-48)51-53-49(35-20-9-3-10-21-35)52-50(54-51)36-28-29-45-42(30-36)39-24-13-14-26-44(39)55(45)38-22-11-4-12-23-38/h1-32H. The molecule has 0 radical (unpaired) electrons. The Kier molecular flexibility index (Phi) is 7.64. The summed E-state index contributed by atoms with van der Waals surface area (Å²) in [5.41, 5.74) is 11.1. The van der Waals surface area contributed by atoms with Crippen LogP contribution in [0.2, 0.25) is 0 Å². The Morgan fingerprint density at radius 3 is 1.70 bits per heavy atom. The van der Waals surface area contributed by atoms with Gasteiger partial charge in [0.2, 0.25) is 0 Å². The lowest BCUT2D eigenvalue weighted by Crippen LogP contribution is -2.00. The van der Waals surface area contributed by atoms with Gasteiger partial charge in [-0.1, -0.05) is 140 Å². The van der Waals surface area contributed by atoms with Gasteiger partial charge in [0.25, 0.3) is 0 Å². The van der Waals surface area contributed by atoms with Crippen LogP contribution in [0.1, 0.15) is 0 Å². The molecule has 0 unspecified atom stereocenters. The largest absolute Gasteiger partial charge is 0.309 e. The van der Waals surface area contributed by atoms with Gasteiger partial charge in [-0.25, -0.2) is 15.0 Å². The van der Waals surface area contributed by atoms with Gasteiger partial charge in [-0.05, 0) is 71.3 Å². The first kappa shape index (κ1) is 32.2. The zero-order valence-corrected chi connectivity index (χ0v) is 31.0. The van der Waals surface area contributed by atoms with E-state index in [9.17, 15) is 0 Å². The molecular weight excluding hydrogens is 701 g/mol. The van der Waals surface area contributed by atoms with Crippen LogP contribution in [-0.4, -0.2) is 19.5 Å². The van der Waals surface area contributed by atoms with Gasteiger partial charge in [0.05, 0.1) is 11.0 Å². The van der Waals surface area contributed by atoms with Gasteiger partial charge in [0, 0.05) is 58.9 Å². The van der Waals surface area contributed by atoms with Crippen LogP contribution in [0.15, 0.2) is 194 Å². The molecule has 0 fully saturated rings. The molecule has 3 aromatic heterocycles. The molecule has 0 aliphatic heterocycles. The van der Waals surface area contributed by atoms with E-state index < -0.39 is 0 Å². The van der Waals surface area contributed by atoms with E-state index in [1.54, 1.807) is 0 Å². The zero-order chi connectivity index (χ0) is 37.0. The van der Waals surface area contributed by atoms with Crippen molar-refractivity contribution < 1.29 is 0 Å². The van der Waals surface area contributed by atoms with Gasteiger partial charge in [0.15, 0.2) is 17.5 Å². The summed E-state index contributed by atoms with van der Waals surface area (Å²) in [6.07, 6.45) is 0. The number of thiophene rings is 1. The molecule has 11 rings (SSSR count). The highest BCUT2D eigenvalue weighted by Gasteiger charge is 2.21. The molecule has 0 bridgehead atoms. The van der Waals surface area contributed by atoms with E-state index >= 15 is 0 Å². The molecule has 0 saturated heterocycles. The number of rotatable bonds is 6. The molecular formula is C51H32N4S. The van der Waals surface area contributed by atoms with Crippen LogP contribution >= 0.6 is 11.3 Å². The first-order chi connectivity index (χ1) is 27.8. The minimum atomic E-state index is 0.638. The normalized spacial score (nSPS) is 11.6. The van der Waals surface area contributed by atoms with E-state index in [2.05, 4.69) is 180 Å². The van der Waals surface area contributed by atoms with Crippen molar-refractivity contribution in [3.8, 4) is 62.1 Å². The van der Waals surface area contributed by atoms with E-state index in [1.165, 1.54) is 42.4 Å². The minimum Gasteiger partial charge on any atom is -0.309 e. The fraction of sp³-hybridized carbons (Fsp3) is 0. The third-order valence-corrected chi connectivity index (χ3v) is 11.8. The van der Waals surface area contributed by atoms with Crippen molar-refractivity contribution in [1.82, 2.24) is 19.5 Å². The van der Waals surface area contributed by atoms with E-state index in [1.807, 2.05) is 29.5 Å². The number of para-hydroxylation sites is 2. The van der Waals surface area contributed by atoms with Crippen molar-refractivity contribution in [3.63, 3.8) is 0 Å². The lowest BCUT2D eigenvalue weighted by Gasteiger charge is -2.11.